The molecule has 0 aromatic heterocycles. The van der Waals surface area contributed by atoms with Crippen LogP contribution in [0.4, 0.5) is 0 Å². The van der Waals surface area contributed by atoms with E-state index in [-0.39, 0.29) is 0 Å². The molecule has 1 N–H and O–H groups in total. The first-order chi connectivity index (χ1) is 6.70. The molecule has 0 bridgehead atoms. The van der Waals surface area contributed by atoms with Crippen molar-refractivity contribution in [2.75, 3.05) is 0 Å². The predicted molar refractivity (Wildman–Crippen MR) is 60.5 cm³/mol. The summed E-state index contributed by atoms with van der Waals surface area (Å²) in [5.74, 6) is 0.421. The van der Waals surface area contributed by atoms with E-state index in [2.05, 4.69) is 19.9 Å². The summed E-state index contributed by atoms with van der Waals surface area (Å²) in [7, 11) is 0. The number of unbranched alkanes of at least 4 members (excludes halogenated alkanes) is 1. The number of phenols is 1. The minimum absolute atomic E-state index is 0.421. The van der Waals surface area contributed by atoms with Crippen molar-refractivity contribution in [1.82, 2.24) is 0 Å². The number of rotatable bonds is 4. The first-order valence-electron chi connectivity index (χ1n) is 5.10. The van der Waals surface area contributed by atoms with Crippen LogP contribution in [0, 0.1) is 0 Å². The molecular weight excluding hydrogens is 172 g/mol. The quantitative estimate of drug-likeness (QED) is 0.567. The van der Waals surface area contributed by atoms with E-state index in [9.17, 15) is 5.11 Å². The van der Waals surface area contributed by atoms with Gasteiger partial charge in [0.25, 0.3) is 0 Å². The summed E-state index contributed by atoms with van der Waals surface area (Å²) < 4.78 is 0. The van der Waals surface area contributed by atoms with Crippen LogP contribution < -0.4 is 0 Å². The van der Waals surface area contributed by atoms with Crippen LogP contribution in [0.25, 0.3) is 0 Å². The lowest BCUT2D eigenvalue weighted by molar-refractivity contribution is 0.467. The van der Waals surface area contributed by atoms with E-state index in [4.69, 9.17) is 0 Å². The molecule has 14 heavy (non-hydrogen) atoms. The van der Waals surface area contributed by atoms with Crippen molar-refractivity contribution in [3.05, 3.63) is 41.5 Å². The molecule has 0 heterocycles. The molecule has 1 nitrogen and oxygen atoms in total. The Hall–Kier alpha value is -1.24. The van der Waals surface area contributed by atoms with Gasteiger partial charge < -0.3 is 5.11 Å². The van der Waals surface area contributed by atoms with Crippen LogP contribution in [-0.2, 0) is 6.42 Å². The zero-order chi connectivity index (χ0) is 10.4. The monoisotopic (exact) mass is 190 g/mol. The Morgan fingerprint density at radius 3 is 2.64 bits per heavy atom. The van der Waals surface area contributed by atoms with Crippen molar-refractivity contribution in [3.8, 4) is 5.75 Å². The second-order valence-electron chi connectivity index (χ2n) is 3.80. The third kappa shape index (κ3) is 3.65. The van der Waals surface area contributed by atoms with Crippen LogP contribution in [0.15, 0.2) is 35.9 Å². The lowest BCUT2D eigenvalue weighted by atomic mass is 10.1. The van der Waals surface area contributed by atoms with Gasteiger partial charge in [0.15, 0.2) is 0 Å². The van der Waals surface area contributed by atoms with Crippen LogP contribution in [0.3, 0.4) is 0 Å². The van der Waals surface area contributed by atoms with Gasteiger partial charge >= 0.3 is 0 Å². The highest BCUT2D eigenvalue weighted by Crippen LogP contribution is 2.17. The Morgan fingerprint density at radius 1 is 1.29 bits per heavy atom. The van der Waals surface area contributed by atoms with Gasteiger partial charge in [0, 0.05) is 0 Å². The lowest BCUT2D eigenvalue weighted by Crippen LogP contribution is -1.85. The molecular formula is C13H18O. The van der Waals surface area contributed by atoms with Crippen molar-refractivity contribution in [2.45, 2.75) is 33.1 Å². The van der Waals surface area contributed by atoms with E-state index >= 15 is 0 Å². The standard InChI is InChI=1S/C13H18O/c1-11(2)7-3-4-8-12-9-5-6-10-13(12)14/h5-7,9-10,14H,3-4,8H2,1-2H3. The lowest BCUT2D eigenvalue weighted by Gasteiger charge is -2.02. The first kappa shape index (κ1) is 10.8. The highest BCUT2D eigenvalue weighted by atomic mass is 16.3. The van der Waals surface area contributed by atoms with Crippen LogP contribution >= 0.6 is 0 Å². The SMILES string of the molecule is CC(C)=CCCCc1ccccc1O. The molecule has 0 aliphatic carbocycles. The number of hydrogen-bond donors (Lipinski definition) is 1. The normalized spacial score (nSPS) is 9.86. The fraction of sp³-hybridized carbons (Fsp3) is 0.385. The van der Waals surface area contributed by atoms with E-state index in [1.807, 2.05) is 18.2 Å². The van der Waals surface area contributed by atoms with Crippen molar-refractivity contribution < 1.29 is 5.11 Å². The predicted octanol–water partition coefficient (Wildman–Crippen LogP) is 3.68. The number of hydrogen-bond acceptors (Lipinski definition) is 1. The zero-order valence-corrected chi connectivity index (χ0v) is 8.96. The summed E-state index contributed by atoms with van der Waals surface area (Å²) in [6, 6.07) is 7.55. The second kappa shape index (κ2) is 5.48. The van der Waals surface area contributed by atoms with Crippen molar-refractivity contribution in [1.29, 1.82) is 0 Å². The van der Waals surface area contributed by atoms with E-state index in [1.54, 1.807) is 6.07 Å². The van der Waals surface area contributed by atoms with Crippen LogP contribution in [-0.4, -0.2) is 5.11 Å². The Labute approximate surface area is 86.1 Å². The number of aryl methyl sites for hydroxylation is 1. The molecule has 0 saturated heterocycles. The van der Waals surface area contributed by atoms with E-state index in [0.717, 1.165) is 24.8 Å². The number of aromatic hydroxyl groups is 1. The smallest absolute Gasteiger partial charge is 0.118 e. The van der Waals surface area contributed by atoms with Crippen LogP contribution in [0.2, 0.25) is 0 Å². The second-order valence-corrected chi connectivity index (χ2v) is 3.80. The highest BCUT2D eigenvalue weighted by molar-refractivity contribution is 5.31. The summed E-state index contributed by atoms with van der Waals surface area (Å²) in [6.45, 7) is 4.22. The maximum Gasteiger partial charge on any atom is 0.118 e. The molecule has 1 rings (SSSR count). The molecule has 1 aromatic rings. The van der Waals surface area contributed by atoms with Crippen LogP contribution in [0.1, 0.15) is 32.3 Å². The zero-order valence-electron chi connectivity index (χ0n) is 8.96. The molecule has 0 spiro atoms. The topological polar surface area (TPSA) is 20.2 Å². The Kier molecular flexibility index (Phi) is 4.24. The molecule has 0 aliphatic rings. The van der Waals surface area contributed by atoms with E-state index < -0.39 is 0 Å². The molecule has 76 valence electrons. The van der Waals surface area contributed by atoms with Crippen molar-refractivity contribution in [3.63, 3.8) is 0 Å². The maximum atomic E-state index is 9.50. The Balaban J connectivity index is 2.39. The van der Waals surface area contributed by atoms with Gasteiger partial charge in [-0.1, -0.05) is 29.8 Å². The Morgan fingerprint density at radius 2 is 2.00 bits per heavy atom. The average Bonchev–Trinajstić information content (AvgIpc) is 2.15. The average molecular weight is 190 g/mol. The number of phenolic OH excluding ortho intramolecular Hbond substituents is 1. The molecule has 0 fully saturated rings. The maximum absolute atomic E-state index is 9.50. The fourth-order valence-electron chi connectivity index (χ4n) is 1.41. The third-order valence-electron chi connectivity index (χ3n) is 2.19. The molecule has 0 aliphatic heterocycles. The molecule has 0 radical (unpaired) electrons. The highest BCUT2D eigenvalue weighted by Gasteiger charge is 1.97. The summed E-state index contributed by atoms with van der Waals surface area (Å²) in [6.07, 6.45) is 5.38. The van der Waals surface area contributed by atoms with Gasteiger partial charge in [-0.15, -0.1) is 0 Å². The van der Waals surface area contributed by atoms with Gasteiger partial charge in [-0.05, 0) is 44.7 Å². The Bertz CT molecular complexity index is 309. The molecule has 1 heteroatoms. The largest absolute Gasteiger partial charge is 0.508 e. The molecule has 1 aromatic carbocycles. The number of allylic oxidation sites excluding steroid dienone is 2. The number of benzene rings is 1. The summed E-state index contributed by atoms with van der Waals surface area (Å²) in [4.78, 5) is 0. The minimum atomic E-state index is 0.421. The van der Waals surface area contributed by atoms with E-state index in [1.165, 1.54) is 5.57 Å². The number of para-hydroxylation sites is 1. The van der Waals surface area contributed by atoms with Gasteiger partial charge in [-0.3, -0.25) is 0 Å². The van der Waals surface area contributed by atoms with Gasteiger partial charge in [0.1, 0.15) is 5.75 Å². The summed E-state index contributed by atoms with van der Waals surface area (Å²) in [5, 5.41) is 9.50. The van der Waals surface area contributed by atoms with Crippen LogP contribution in [0.5, 0.6) is 5.75 Å². The van der Waals surface area contributed by atoms with Gasteiger partial charge in [-0.2, -0.15) is 0 Å². The van der Waals surface area contributed by atoms with Gasteiger partial charge in [0.2, 0.25) is 0 Å². The minimum Gasteiger partial charge on any atom is -0.508 e. The summed E-state index contributed by atoms with van der Waals surface area (Å²) >= 11 is 0. The van der Waals surface area contributed by atoms with Crippen molar-refractivity contribution in [2.24, 2.45) is 0 Å². The molecule has 0 amide bonds. The van der Waals surface area contributed by atoms with E-state index in [0.29, 0.717) is 5.75 Å². The van der Waals surface area contributed by atoms with Gasteiger partial charge in [0.05, 0.1) is 0 Å². The van der Waals surface area contributed by atoms with Gasteiger partial charge in [-0.25, -0.2) is 0 Å². The third-order valence-corrected chi connectivity index (χ3v) is 2.19. The molecule has 0 atom stereocenters. The first-order valence-corrected chi connectivity index (χ1v) is 5.10. The molecule has 0 unspecified atom stereocenters. The molecule has 0 saturated carbocycles. The fourth-order valence-corrected chi connectivity index (χ4v) is 1.41. The summed E-state index contributed by atoms with van der Waals surface area (Å²) in [5.41, 5.74) is 2.41. The van der Waals surface area contributed by atoms with Crippen molar-refractivity contribution >= 4 is 0 Å².